The van der Waals surface area contributed by atoms with Crippen LogP contribution in [0.4, 0.5) is 0 Å². The van der Waals surface area contributed by atoms with Crippen molar-refractivity contribution in [2.75, 3.05) is 26.8 Å². The Hall–Kier alpha value is -1.22. The average Bonchev–Trinajstić information content (AvgIpc) is 2.38. The lowest BCUT2D eigenvalue weighted by atomic mass is 10.0. The topological polar surface area (TPSA) is 30.5 Å². The van der Waals surface area contributed by atoms with Gasteiger partial charge in [-0.25, -0.2) is 0 Å². The largest absolute Gasteiger partial charge is 0.497 e. The fourth-order valence-corrected chi connectivity index (χ4v) is 1.97. The molecule has 1 saturated heterocycles. The molecule has 1 N–H and O–H groups in total. The smallest absolute Gasteiger partial charge is 0.122 e. The van der Waals surface area contributed by atoms with Crippen molar-refractivity contribution in [2.24, 2.45) is 5.92 Å². The van der Waals surface area contributed by atoms with Crippen molar-refractivity contribution in [1.82, 2.24) is 5.32 Å². The van der Waals surface area contributed by atoms with Gasteiger partial charge < -0.3 is 14.8 Å². The Morgan fingerprint density at radius 3 is 3.00 bits per heavy atom. The number of rotatable bonds is 4. The van der Waals surface area contributed by atoms with E-state index in [2.05, 4.69) is 5.32 Å². The lowest BCUT2D eigenvalue weighted by Gasteiger charge is -2.22. The lowest BCUT2D eigenvalue weighted by Crippen LogP contribution is -2.33. The van der Waals surface area contributed by atoms with Gasteiger partial charge in [0.2, 0.25) is 0 Å². The maximum absolute atomic E-state index is 5.77. The minimum absolute atomic E-state index is 0.639. The highest BCUT2D eigenvalue weighted by Crippen LogP contribution is 2.20. The normalized spacial score (nSPS) is 20.4. The van der Waals surface area contributed by atoms with Gasteiger partial charge in [0.05, 0.1) is 13.7 Å². The zero-order chi connectivity index (χ0) is 11.2. The molecular weight excluding hydrogens is 202 g/mol. The Bertz CT molecular complexity index is 321. The molecule has 0 aromatic heterocycles. The number of hydrogen-bond acceptors (Lipinski definition) is 3. The van der Waals surface area contributed by atoms with Gasteiger partial charge in [0.1, 0.15) is 11.5 Å². The van der Waals surface area contributed by atoms with E-state index in [-0.39, 0.29) is 0 Å². The number of nitrogens with one attached hydrogen (secondary N) is 1. The van der Waals surface area contributed by atoms with Crippen LogP contribution in [0.5, 0.6) is 11.5 Å². The summed E-state index contributed by atoms with van der Waals surface area (Å²) in [7, 11) is 1.67. The third-order valence-electron chi connectivity index (χ3n) is 2.93. The molecule has 0 bridgehead atoms. The maximum Gasteiger partial charge on any atom is 0.122 e. The molecule has 1 aromatic carbocycles. The molecule has 88 valence electrons. The van der Waals surface area contributed by atoms with Crippen LogP contribution >= 0.6 is 0 Å². The van der Waals surface area contributed by atoms with E-state index in [0.29, 0.717) is 5.92 Å². The van der Waals surface area contributed by atoms with Crippen LogP contribution in [0.2, 0.25) is 0 Å². The summed E-state index contributed by atoms with van der Waals surface area (Å²) in [5.41, 5.74) is 0. The Morgan fingerprint density at radius 1 is 1.38 bits per heavy atom. The van der Waals surface area contributed by atoms with Crippen LogP contribution in [0.1, 0.15) is 12.8 Å². The summed E-state index contributed by atoms with van der Waals surface area (Å²) >= 11 is 0. The van der Waals surface area contributed by atoms with Crippen LogP contribution < -0.4 is 14.8 Å². The summed E-state index contributed by atoms with van der Waals surface area (Å²) in [6.45, 7) is 3.01. The van der Waals surface area contributed by atoms with Gasteiger partial charge in [0.15, 0.2) is 0 Å². The molecule has 2 rings (SSSR count). The van der Waals surface area contributed by atoms with Crippen molar-refractivity contribution in [2.45, 2.75) is 12.8 Å². The maximum atomic E-state index is 5.77. The molecule has 1 atom stereocenters. The van der Waals surface area contributed by atoms with Crippen LogP contribution in [0, 0.1) is 5.92 Å². The van der Waals surface area contributed by atoms with Crippen molar-refractivity contribution in [1.29, 1.82) is 0 Å². The Morgan fingerprint density at radius 2 is 2.25 bits per heavy atom. The Labute approximate surface area is 96.8 Å². The van der Waals surface area contributed by atoms with Gasteiger partial charge in [0, 0.05) is 18.5 Å². The molecule has 0 saturated carbocycles. The lowest BCUT2D eigenvalue weighted by molar-refractivity contribution is 0.218. The number of piperidine rings is 1. The van der Waals surface area contributed by atoms with Crippen LogP contribution in [-0.2, 0) is 0 Å². The molecule has 16 heavy (non-hydrogen) atoms. The van der Waals surface area contributed by atoms with E-state index in [1.165, 1.54) is 12.8 Å². The molecule has 3 nitrogen and oxygen atoms in total. The zero-order valence-corrected chi connectivity index (χ0v) is 9.74. The fraction of sp³-hybridized carbons (Fsp3) is 0.538. The van der Waals surface area contributed by atoms with E-state index < -0.39 is 0 Å². The number of ether oxygens (including phenoxy) is 2. The fourth-order valence-electron chi connectivity index (χ4n) is 1.97. The molecule has 1 fully saturated rings. The first-order valence-corrected chi connectivity index (χ1v) is 5.86. The van der Waals surface area contributed by atoms with Gasteiger partial charge in [0.25, 0.3) is 0 Å². The highest BCUT2D eigenvalue weighted by molar-refractivity contribution is 5.32. The second kappa shape index (κ2) is 5.75. The molecule has 0 unspecified atom stereocenters. The second-order valence-corrected chi connectivity index (χ2v) is 4.20. The summed E-state index contributed by atoms with van der Waals surface area (Å²) in [6.07, 6.45) is 2.52. The van der Waals surface area contributed by atoms with Gasteiger partial charge >= 0.3 is 0 Å². The van der Waals surface area contributed by atoms with Crippen LogP contribution in [0.3, 0.4) is 0 Å². The summed E-state index contributed by atoms with van der Waals surface area (Å²) < 4.78 is 10.9. The van der Waals surface area contributed by atoms with E-state index in [1.54, 1.807) is 7.11 Å². The van der Waals surface area contributed by atoms with Crippen LogP contribution in [0.25, 0.3) is 0 Å². The number of benzene rings is 1. The number of hydrogen-bond donors (Lipinski definition) is 1. The zero-order valence-electron chi connectivity index (χ0n) is 9.74. The minimum atomic E-state index is 0.639. The molecule has 0 amide bonds. The van der Waals surface area contributed by atoms with E-state index in [0.717, 1.165) is 31.2 Å². The molecule has 0 aliphatic carbocycles. The van der Waals surface area contributed by atoms with Crippen LogP contribution in [-0.4, -0.2) is 26.8 Å². The van der Waals surface area contributed by atoms with Crippen molar-refractivity contribution < 1.29 is 9.47 Å². The summed E-state index contributed by atoms with van der Waals surface area (Å²) in [5, 5.41) is 3.39. The van der Waals surface area contributed by atoms with E-state index in [9.17, 15) is 0 Å². The van der Waals surface area contributed by atoms with Crippen molar-refractivity contribution >= 4 is 0 Å². The quantitative estimate of drug-likeness (QED) is 0.844. The highest BCUT2D eigenvalue weighted by atomic mass is 16.5. The first-order valence-electron chi connectivity index (χ1n) is 5.86. The van der Waals surface area contributed by atoms with E-state index in [1.807, 2.05) is 24.3 Å². The third kappa shape index (κ3) is 3.14. The van der Waals surface area contributed by atoms with Gasteiger partial charge in [-0.1, -0.05) is 6.07 Å². The first kappa shape index (κ1) is 11.3. The second-order valence-electron chi connectivity index (χ2n) is 4.20. The predicted octanol–water partition coefficient (Wildman–Crippen LogP) is 2.07. The van der Waals surface area contributed by atoms with E-state index >= 15 is 0 Å². The molecule has 0 radical (unpaired) electrons. The highest BCUT2D eigenvalue weighted by Gasteiger charge is 2.13. The monoisotopic (exact) mass is 221 g/mol. The molecule has 1 heterocycles. The van der Waals surface area contributed by atoms with Crippen molar-refractivity contribution in [3.05, 3.63) is 24.3 Å². The average molecular weight is 221 g/mol. The van der Waals surface area contributed by atoms with Gasteiger partial charge in [-0.3, -0.25) is 0 Å². The Kier molecular flexibility index (Phi) is 4.05. The van der Waals surface area contributed by atoms with Gasteiger partial charge in [-0.05, 0) is 31.5 Å². The van der Waals surface area contributed by atoms with Crippen molar-refractivity contribution in [3.8, 4) is 11.5 Å². The summed E-state index contributed by atoms with van der Waals surface area (Å²) in [6, 6.07) is 7.78. The summed E-state index contributed by atoms with van der Waals surface area (Å²) in [4.78, 5) is 0. The molecule has 1 aliphatic heterocycles. The molecule has 1 aliphatic rings. The van der Waals surface area contributed by atoms with Crippen molar-refractivity contribution in [3.63, 3.8) is 0 Å². The molecule has 3 heteroatoms. The van der Waals surface area contributed by atoms with E-state index in [4.69, 9.17) is 9.47 Å². The minimum Gasteiger partial charge on any atom is -0.497 e. The molecule has 0 spiro atoms. The number of methoxy groups -OCH3 is 1. The van der Waals surface area contributed by atoms with Gasteiger partial charge in [-0.15, -0.1) is 0 Å². The third-order valence-corrected chi connectivity index (χ3v) is 2.93. The SMILES string of the molecule is COc1cccc(OC[C@@H]2CCCNC2)c1. The molecular formula is C13H19NO2. The first-order chi connectivity index (χ1) is 7.88. The van der Waals surface area contributed by atoms with Crippen LogP contribution in [0.15, 0.2) is 24.3 Å². The standard InChI is InChI=1S/C13H19NO2/c1-15-12-5-2-6-13(8-12)16-10-11-4-3-7-14-9-11/h2,5-6,8,11,14H,3-4,7,9-10H2,1H3/t11-/m1/s1. The Balaban J connectivity index is 1.83. The molecule has 1 aromatic rings. The summed E-state index contributed by atoms with van der Waals surface area (Å²) in [5.74, 6) is 2.38. The predicted molar refractivity (Wildman–Crippen MR) is 64.1 cm³/mol. The van der Waals surface area contributed by atoms with Gasteiger partial charge in [-0.2, -0.15) is 0 Å².